The van der Waals surface area contributed by atoms with Crippen LogP contribution in [0, 0.1) is 0 Å². The van der Waals surface area contributed by atoms with Crippen LogP contribution in [-0.2, 0) is 14.4 Å². The third-order valence-electron chi connectivity index (χ3n) is 2.28. The van der Waals surface area contributed by atoms with Crippen LogP contribution in [0.2, 0.25) is 0 Å². The second kappa shape index (κ2) is 8.47. The molecule has 1 aromatic carbocycles. The number of benzene rings is 1. The zero-order chi connectivity index (χ0) is 14.8. The van der Waals surface area contributed by atoms with Crippen molar-refractivity contribution in [3.8, 4) is 0 Å². The van der Waals surface area contributed by atoms with Crippen LogP contribution in [0.5, 0.6) is 0 Å². The Morgan fingerprint density at radius 2 is 1.85 bits per heavy atom. The molecule has 6 heteroatoms. The molecule has 106 valence electrons. The zero-order valence-corrected chi connectivity index (χ0v) is 10.7. The zero-order valence-electron chi connectivity index (χ0n) is 10.7. The standard InChI is InChI=1S/C14H15NO5/c16-13(17)9-8-12(14(18)19)15-20-10-4-7-11-5-2-1-3-6-11/h1-7H,8-10H2,(H,16,17)(H,18,19). The van der Waals surface area contributed by atoms with E-state index < -0.39 is 11.9 Å². The van der Waals surface area contributed by atoms with Gasteiger partial charge in [0.2, 0.25) is 0 Å². The van der Waals surface area contributed by atoms with Crippen LogP contribution in [0.4, 0.5) is 0 Å². The van der Waals surface area contributed by atoms with Crippen LogP contribution < -0.4 is 0 Å². The number of rotatable bonds is 8. The van der Waals surface area contributed by atoms with Gasteiger partial charge in [-0.05, 0) is 11.6 Å². The summed E-state index contributed by atoms with van der Waals surface area (Å²) < 4.78 is 0. The number of nitrogens with zero attached hydrogens (tertiary/aromatic N) is 1. The summed E-state index contributed by atoms with van der Waals surface area (Å²) in [7, 11) is 0. The first-order chi connectivity index (χ1) is 9.59. The monoisotopic (exact) mass is 277 g/mol. The Bertz CT molecular complexity index is 508. The summed E-state index contributed by atoms with van der Waals surface area (Å²) in [5.41, 5.74) is 0.685. The third-order valence-corrected chi connectivity index (χ3v) is 2.28. The second-order valence-electron chi connectivity index (χ2n) is 3.85. The first-order valence-electron chi connectivity index (χ1n) is 5.95. The van der Waals surface area contributed by atoms with E-state index in [2.05, 4.69) is 5.16 Å². The van der Waals surface area contributed by atoms with E-state index in [0.717, 1.165) is 5.56 Å². The van der Waals surface area contributed by atoms with Crippen LogP contribution in [0.25, 0.3) is 6.08 Å². The highest BCUT2D eigenvalue weighted by atomic mass is 16.6. The summed E-state index contributed by atoms with van der Waals surface area (Å²) in [5, 5.41) is 20.7. The molecule has 1 aromatic rings. The Balaban J connectivity index is 2.42. The molecule has 0 fully saturated rings. The summed E-state index contributed by atoms with van der Waals surface area (Å²) >= 11 is 0. The van der Waals surface area contributed by atoms with Crippen molar-refractivity contribution >= 4 is 23.7 Å². The molecule has 0 aliphatic rings. The van der Waals surface area contributed by atoms with Gasteiger partial charge in [-0.1, -0.05) is 41.6 Å². The number of carbonyl (C=O) groups is 2. The Kier molecular flexibility index (Phi) is 6.53. The highest BCUT2D eigenvalue weighted by Crippen LogP contribution is 2.01. The molecular formula is C14H15NO5. The van der Waals surface area contributed by atoms with Gasteiger partial charge in [0, 0.05) is 6.42 Å². The van der Waals surface area contributed by atoms with Gasteiger partial charge in [0.15, 0.2) is 5.71 Å². The van der Waals surface area contributed by atoms with Gasteiger partial charge in [0.1, 0.15) is 6.61 Å². The topological polar surface area (TPSA) is 96.2 Å². The van der Waals surface area contributed by atoms with Crippen molar-refractivity contribution < 1.29 is 24.6 Å². The fraction of sp³-hybridized carbons (Fsp3) is 0.214. The SMILES string of the molecule is O=C(O)CCC(=NOCC=Cc1ccccc1)C(=O)O. The van der Waals surface area contributed by atoms with Crippen molar-refractivity contribution in [3.63, 3.8) is 0 Å². The van der Waals surface area contributed by atoms with E-state index in [1.165, 1.54) is 0 Å². The summed E-state index contributed by atoms with van der Waals surface area (Å²) in [6.07, 6.45) is 3.03. The molecule has 0 radical (unpaired) electrons. The number of carboxylic acids is 2. The van der Waals surface area contributed by atoms with Crippen LogP contribution in [-0.4, -0.2) is 34.5 Å². The van der Waals surface area contributed by atoms with Crippen molar-refractivity contribution in [3.05, 3.63) is 42.0 Å². The van der Waals surface area contributed by atoms with E-state index in [-0.39, 0.29) is 25.2 Å². The minimum atomic E-state index is -1.28. The summed E-state index contributed by atoms with van der Waals surface area (Å²) in [5.74, 6) is -2.36. The maximum atomic E-state index is 10.8. The third kappa shape index (κ3) is 6.34. The van der Waals surface area contributed by atoms with Gasteiger partial charge in [-0.15, -0.1) is 0 Å². The molecule has 0 spiro atoms. The number of carboxylic acid groups (broad SMARTS) is 2. The van der Waals surface area contributed by atoms with E-state index >= 15 is 0 Å². The van der Waals surface area contributed by atoms with Gasteiger partial charge in [-0.25, -0.2) is 4.79 Å². The van der Waals surface area contributed by atoms with Crippen LogP contribution in [0.3, 0.4) is 0 Å². The highest BCUT2D eigenvalue weighted by molar-refractivity contribution is 6.35. The van der Waals surface area contributed by atoms with Crippen LogP contribution in [0.15, 0.2) is 41.6 Å². The van der Waals surface area contributed by atoms with Gasteiger partial charge in [0.25, 0.3) is 0 Å². The predicted molar refractivity (Wildman–Crippen MR) is 73.4 cm³/mol. The summed E-state index contributed by atoms with van der Waals surface area (Å²) in [6.45, 7) is 0.110. The molecule has 0 bridgehead atoms. The number of hydrogen-bond acceptors (Lipinski definition) is 4. The first kappa shape index (κ1) is 15.4. The molecule has 0 unspecified atom stereocenters. The van der Waals surface area contributed by atoms with Crippen LogP contribution >= 0.6 is 0 Å². The molecule has 20 heavy (non-hydrogen) atoms. The lowest BCUT2D eigenvalue weighted by Crippen LogP contribution is -2.15. The Labute approximate surface area is 116 Å². The van der Waals surface area contributed by atoms with E-state index in [0.29, 0.717) is 0 Å². The fourth-order valence-corrected chi connectivity index (χ4v) is 1.32. The Hall–Kier alpha value is -2.63. The van der Waals surface area contributed by atoms with Gasteiger partial charge in [0.05, 0.1) is 6.42 Å². The van der Waals surface area contributed by atoms with Gasteiger partial charge in [-0.3, -0.25) is 4.79 Å². The highest BCUT2D eigenvalue weighted by Gasteiger charge is 2.12. The second-order valence-corrected chi connectivity index (χ2v) is 3.85. The molecule has 0 aromatic heterocycles. The Morgan fingerprint density at radius 1 is 1.15 bits per heavy atom. The van der Waals surface area contributed by atoms with E-state index in [1.807, 2.05) is 36.4 Å². The molecule has 2 N–H and O–H groups in total. The molecule has 0 saturated carbocycles. The molecule has 0 aliphatic carbocycles. The Morgan fingerprint density at radius 3 is 2.45 bits per heavy atom. The van der Waals surface area contributed by atoms with E-state index in [1.54, 1.807) is 6.08 Å². The van der Waals surface area contributed by atoms with Gasteiger partial charge < -0.3 is 15.1 Å². The first-order valence-corrected chi connectivity index (χ1v) is 5.95. The molecule has 0 amide bonds. The number of aliphatic carboxylic acids is 2. The fourth-order valence-electron chi connectivity index (χ4n) is 1.32. The van der Waals surface area contributed by atoms with E-state index in [9.17, 15) is 9.59 Å². The minimum absolute atomic E-state index is 0.110. The van der Waals surface area contributed by atoms with Crippen molar-refractivity contribution in [2.45, 2.75) is 12.8 Å². The molecule has 6 nitrogen and oxygen atoms in total. The summed E-state index contributed by atoms with van der Waals surface area (Å²) in [6, 6.07) is 9.52. The van der Waals surface area contributed by atoms with Gasteiger partial charge >= 0.3 is 11.9 Å². The number of oxime groups is 1. The molecule has 1 rings (SSSR count). The van der Waals surface area contributed by atoms with E-state index in [4.69, 9.17) is 15.1 Å². The molecule has 0 atom stereocenters. The molecular weight excluding hydrogens is 262 g/mol. The quantitative estimate of drug-likeness (QED) is 0.430. The van der Waals surface area contributed by atoms with Crippen molar-refractivity contribution in [1.82, 2.24) is 0 Å². The minimum Gasteiger partial charge on any atom is -0.481 e. The lowest BCUT2D eigenvalue weighted by atomic mass is 10.2. The maximum Gasteiger partial charge on any atom is 0.353 e. The largest absolute Gasteiger partial charge is 0.481 e. The summed E-state index contributed by atoms with van der Waals surface area (Å²) in [4.78, 5) is 26.0. The van der Waals surface area contributed by atoms with Crippen molar-refractivity contribution in [1.29, 1.82) is 0 Å². The predicted octanol–water partition coefficient (Wildman–Crippen LogP) is 2.02. The van der Waals surface area contributed by atoms with Gasteiger partial charge in [-0.2, -0.15) is 0 Å². The molecule has 0 saturated heterocycles. The normalized spacial score (nSPS) is 11.5. The maximum absolute atomic E-state index is 10.8. The lowest BCUT2D eigenvalue weighted by molar-refractivity contribution is -0.136. The molecule has 0 heterocycles. The number of hydrogen-bond donors (Lipinski definition) is 2. The lowest BCUT2D eigenvalue weighted by Gasteiger charge is -1.99. The average molecular weight is 277 g/mol. The average Bonchev–Trinajstić information content (AvgIpc) is 2.42. The van der Waals surface area contributed by atoms with Crippen molar-refractivity contribution in [2.75, 3.05) is 6.61 Å². The van der Waals surface area contributed by atoms with Crippen molar-refractivity contribution in [2.24, 2.45) is 5.16 Å². The smallest absolute Gasteiger partial charge is 0.353 e. The van der Waals surface area contributed by atoms with Crippen LogP contribution in [0.1, 0.15) is 18.4 Å². The molecule has 0 aliphatic heterocycles.